The third-order valence-electron chi connectivity index (χ3n) is 2.92. The summed E-state index contributed by atoms with van der Waals surface area (Å²) >= 11 is 0. The molecule has 0 aliphatic heterocycles. The molecule has 1 unspecified atom stereocenters. The lowest BCUT2D eigenvalue weighted by Gasteiger charge is -2.17. The molecule has 0 bridgehead atoms. The number of para-hydroxylation sites is 1. The summed E-state index contributed by atoms with van der Waals surface area (Å²) in [4.78, 5) is 10.8. The summed E-state index contributed by atoms with van der Waals surface area (Å²) in [6, 6.07) is 8.22. The number of hydrogen-bond donors (Lipinski definition) is 1. The van der Waals surface area contributed by atoms with Gasteiger partial charge in [-0.3, -0.25) is 0 Å². The first kappa shape index (κ1) is 14.8. The molecule has 21 heavy (non-hydrogen) atoms. The number of furan rings is 1. The molecule has 0 aliphatic carbocycles. The van der Waals surface area contributed by atoms with Gasteiger partial charge in [-0.2, -0.15) is 0 Å². The normalized spacial score (nSPS) is 11.8. The number of carbonyl (C=O) groups is 1. The van der Waals surface area contributed by atoms with Gasteiger partial charge in [-0.1, -0.05) is 6.07 Å². The van der Waals surface area contributed by atoms with Crippen molar-refractivity contribution in [2.45, 2.75) is 13.0 Å². The second-order valence-electron chi connectivity index (χ2n) is 4.26. The summed E-state index contributed by atoms with van der Waals surface area (Å²) in [6.45, 7) is 1.75. The molecular formula is C15H16O6. The first-order valence-electron chi connectivity index (χ1n) is 6.27. The molecule has 0 aliphatic rings. The van der Waals surface area contributed by atoms with Gasteiger partial charge >= 0.3 is 5.97 Å². The summed E-state index contributed by atoms with van der Waals surface area (Å²) in [7, 11) is 3.06. The highest BCUT2D eigenvalue weighted by Gasteiger charge is 2.19. The number of hydrogen-bond acceptors (Lipinski definition) is 5. The standard InChI is InChI=1S/C15H16O6/c1-9(10-7-8-13(21-10)15(16)17)20-14-11(18-2)5-4-6-12(14)19-3/h4-9H,1-3H3,(H,16,17). The van der Waals surface area contributed by atoms with Gasteiger partial charge in [0.1, 0.15) is 5.76 Å². The van der Waals surface area contributed by atoms with Crippen LogP contribution in [0.15, 0.2) is 34.7 Å². The third kappa shape index (κ3) is 3.10. The molecule has 6 heteroatoms. The van der Waals surface area contributed by atoms with Gasteiger partial charge in [-0.25, -0.2) is 4.79 Å². The molecule has 6 nitrogen and oxygen atoms in total. The molecule has 2 aromatic rings. The number of carboxylic acid groups (broad SMARTS) is 1. The van der Waals surface area contributed by atoms with E-state index in [1.807, 2.05) is 0 Å². The van der Waals surface area contributed by atoms with E-state index in [-0.39, 0.29) is 5.76 Å². The van der Waals surface area contributed by atoms with Crippen LogP contribution in [-0.2, 0) is 0 Å². The number of aromatic carboxylic acids is 1. The molecule has 1 heterocycles. The molecule has 0 saturated carbocycles. The molecule has 0 spiro atoms. The number of carboxylic acids is 1. The molecule has 0 fully saturated rings. The van der Waals surface area contributed by atoms with Crippen LogP contribution < -0.4 is 14.2 Å². The Morgan fingerprint density at radius 1 is 1.14 bits per heavy atom. The quantitative estimate of drug-likeness (QED) is 0.881. The molecule has 112 valence electrons. The largest absolute Gasteiger partial charge is 0.493 e. The summed E-state index contributed by atoms with van der Waals surface area (Å²) in [5, 5.41) is 8.86. The predicted molar refractivity (Wildman–Crippen MR) is 74.3 cm³/mol. The average molecular weight is 292 g/mol. The van der Waals surface area contributed by atoms with E-state index in [4.69, 9.17) is 23.7 Å². The average Bonchev–Trinajstić information content (AvgIpc) is 2.97. The van der Waals surface area contributed by atoms with Crippen molar-refractivity contribution in [2.24, 2.45) is 0 Å². The number of methoxy groups -OCH3 is 2. The summed E-state index contributed by atoms with van der Waals surface area (Å²) < 4.78 is 21.5. The maximum atomic E-state index is 10.8. The van der Waals surface area contributed by atoms with E-state index in [2.05, 4.69) is 0 Å². The van der Waals surface area contributed by atoms with Crippen LogP contribution in [0.5, 0.6) is 17.2 Å². The Labute approximate surface area is 121 Å². The van der Waals surface area contributed by atoms with Crippen molar-refractivity contribution in [2.75, 3.05) is 14.2 Å². The lowest BCUT2D eigenvalue weighted by molar-refractivity contribution is 0.0654. The summed E-state index contributed by atoms with van der Waals surface area (Å²) in [6.07, 6.45) is -0.497. The van der Waals surface area contributed by atoms with Crippen LogP contribution in [0.25, 0.3) is 0 Å². The van der Waals surface area contributed by atoms with Crippen molar-refractivity contribution < 1.29 is 28.5 Å². The lowest BCUT2D eigenvalue weighted by atomic mass is 10.2. The van der Waals surface area contributed by atoms with E-state index in [1.165, 1.54) is 20.3 Å². The molecular weight excluding hydrogens is 276 g/mol. The van der Waals surface area contributed by atoms with E-state index >= 15 is 0 Å². The van der Waals surface area contributed by atoms with Gasteiger partial charge < -0.3 is 23.7 Å². The smallest absolute Gasteiger partial charge is 0.371 e. The summed E-state index contributed by atoms with van der Waals surface area (Å²) in [5.74, 6) is 0.622. The van der Waals surface area contributed by atoms with Crippen molar-refractivity contribution in [3.63, 3.8) is 0 Å². The van der Waals surface area contributed by atoms with E-state index in [1.54, 1.807) is 31.2 Å². The number of ether oxygens (including phenoxy) is 3. The molecule has 1 atom stereocenters. The van der Waals surface area contributed by atoms with Crippen molar-refractivity contribution in [1.82, 2.24) is 0 Å². The second kappa shape index (κ2) is 6.21. The van der Waals surface area contributed by atoms with Crippen LogP contribution in [0.2, 0.25) is 0 Å². The molecule has 1 aromatic heterocycles. The van der Waals surface area contributed by atoms with Gasteiger partial charge in [0, 0.05) is 0 Å². The SMILES string of the molecule is COc1cccc(OC)c1OC(C)c1ccc(C(=O)O)o1. The molecule has 1 aromatic carbocycles. The first-order valence-corrected chi connectivity index (χ1v) is 6.27. The topological polar surface area (TPSA) is 78.1 Å². The lowest BCUT2D eigenvalue weighted by Crippen LogP contribution is -2.05. The Hall–Kier alpha value is -2.63. The van der Waals surface area contributed by atoms with Gasteiger partial charge in [0.15, 0.2) is 17.6 Å². The van der Waals surface area contributed by atoms with Crippen LogP contribution in [0.4, 0.5) is 0 Å². The van der Waals surface area contributed by atoms with Crippen LogP contribution in [0.1, 0.15) is 29.3 Å². The highest BCUT2D eigenvalue weighted by Crippen LogP contribution is 2.39. The Bertz CT molecular complexity index is 609. The zero-order chi connectivity index (χ0) is 15.4. The number of benzene rings is 1. The van der Waals surface area contributed by atoms with E-state index < -0.39 is 12.1 Å². The second-order valence-corrected chi connectivity index (χ2v) is 4.26. The maximum Gasteiger partial charge on any atom is 0.371 e. The van der Waals surface area contributed by atoms with Gasteiger partial charge in [0.25, 0.3) is 0 Å². The molecule has 2 rings (SSSR count). The zero-order valence-corrected chi connectivity index (χ0v) is 12.0. The van der Waals surface area contributed by atoms with Gasteiger partial charge in [0.05, 0.1) is 14.2 Å². The fourth-order valence-corrected chi connectivity index (χ4v) is 1.85. The fraction of sp³-hybridized carbons (Fsp3) is 0.267. The van der Waals surface area contributed by atoms with Gasteiger partial charge in [-0.15, -0.1) is 0 Å². The predicted octanol–water partition coefficient (Wildman–Crippen LogP) is 3.14. The Morgan fingerprint density at radius 2 is 1.76 bits per heavy atom. The van der Waals surface area contributed by atoms with Crippen LogP contribution >= 0.6 is 0 Å². The van der Waals surface area contributed by atoms with E-state index in [0.717, 1.165) is 0 Å². The van der Waals surface area contributed by atoms with Crippen LogP contribution in [0, 0.1) is 0 Å². The Morgan fingerprint density at radius 3 is 2.24 bits per heavy atom. The van der Waals surface area contributed by atoms with Gasteiger partial charge in [-0.05, 0) is 31.2 Å². The molecule has 0 saturated heterocycles. The Kier molecular flexibility index (Phi) is 4.37. The highest BCUT2D eigenvalue weighted by molar-refractivity contribution is 5.84. The maximum absolute atomic E-state index is 10.8. The fourth-order valence-electron chi connectivity index (χ4n) is 1.85. The summed E-state index contributed by atoms with van der Waals surface area (Å²) in [5.41, 5.74) is 0. The minimum atomic E-state index is -1.12. The van der Waals surface area contributed by atoms with Crippen molar-refractivity contribution in [3.8, 4) is 17.2 Å². The van der Waals surface area contributed by atoms with Crippen molar-refractivity contribution in [1.29, 1.82) is 0 Å². The zero-order valence-electron chi connectivity index (χ0n) is 12.0. The first-order chi connectivity index (χ1) is 10.1. The van der Waals surface area contributed by atoms with E-state index in [9.17, 15) is 4.79 Å². The Balaban J connectivity index is 2.26. The monoisotopic (exact) mass is 292 g/mol. The molecule has 0 amide bonds. The highest BCUT2D eigenvalue weighted by atomic mass is 16.5. The molecule has 0 radical (unpaired) electrons. The van der Waals surface area contributed by atoms with Crippen molar-refractivity contribution >= 4 is 5.97 Å². The molecule has 1 N–H and O–H groups in total. The number of rotatable bonds is 6. The van der Waals surface area contributed by atoms with Gasteiger partial charge in [0.2, 0.25) is 11.5 Å². The van der Waals surface area contributed by atoms with Crippen LogP contribution in [-0.4, -0.2) is 25.3 Å². The third-order valence-corrected chi connectivity index (χ3v) is 2.92. The minimum absolute atomic E-state index is 0.132. The minimum Gasteiger partial charge on any atom is -0.493 e. The van der Waals surface area contributed by atoms with Crippen LogP contribution in [0.3, 0.4) is 0 Å². The van der Waals surface area contributed by atoms with E-state index in [0.29, 0.717) is 23.0 Å². The van der Waals surface area contributed by atoms with Crippen molar-refractivity contribution in [3.05, 3.63) is 41.9 Å².